The Morgan fingerprint density at radius 3 is 2.83 bits per heavy atom. The summed E-state index contributed by atoms with van der Waals surface area (Å²) in [5.74, 6) is -0.0209. The van der Waals surface area contributed by atoms with Gasteiger partial charge in [0.2, 0.25) is 11.8 Å². The maximum absolute atomic E-state index is 12.4. The van der Waals surface area contributed by atoms with Crippen LogP contribution in [0.1, 0.15) is 29.8 Å². The van der Waals surface area contributed by atoms with Crippen molar-refractivity contribution in [1.29, 1.82) is 0 Å². The first kappa shape index (κ1) is 21.3. The van der Waals surface area contributed by atoms with Crippen molar-refractivity contribution >= 4 is 29.1 Å². The minimum atomic E-state index is -4.38. The topological polar surface area (TPSA) is 101 Å². The Bertz CT molecular complexity index is 977. The molecule has 8 nitrogen and oxygen atoms in total. The van der Waals surface area contributed by atoms with E-state index in [0.717, 1.165) is 5.56 Å². The number of benzene rings is 1. The van der Waals surface area contributed by atoms with E-state index >= 15 is 0 Å². The van der Waals surface area contributed by atoms with Crippen LogP contribution in [0.3, 0.4) is 0 Å². The van der Waals surface area contributed by atoms with Gasteiger partial charge in [0.15, 0.2) is 12.5 Å². The van der Waals surface area contributed by atoms with E-state index in [0.29, 0.717) is 5.69 Å². The van der Waals surface area contributed by atoms with Gasteiger partial charge in [0.1, 0.15) is 12.1 Å². The number of nitrogens with zero attached hydrogens (tertiary/aromatic N) is 3. The molecule has 2 heterocycles. The molecule has 0 radical (unpaired) electrons. The standard InChI is InChI=1S/C19H21F3N6O2/c1-10-5-4-6-13(7-10)26-15-14-16(29)24-9-30-17(14)28-18(27-15)25-12(3)11(2)23-8-19(20,21)22/h4-7,12H,8-9H2,1-3H3,(H,24,29)(H2,25,26,27,28). The van der Waals surface area contributed by atoms with Gasteiger partial charge in [-0.2, -0.15) is 23.1 Å². The largest absolute Gasteiger partial charge is 0.456 e. The zero-order valence-corrected chi connectivity index (χ0v) is 16.6. The van der Waals surface area contributed by atoms with E-state index in [2.05, 4.69) is 30.9 Å². The van der Waals surface area contributed by atoms with Gasteiger partial charge in [-0.3, -0.25) is 9.79 Å². The number of hydrogen-bond acceptors (Lipinski definition) is 7. The van der Waals surface area contributed by atoms with E-state index in [1.807, 2.05) is 31.2 Å². The van der Waals surface area contributed by atoms with E-state index in [4.69, 9.17) is 4.74 Å². The molecule has 2 aromatic rings. The average Bonchev–Trinajstić information content (AvgIpc) is 2.65. The van der Waals surface area contributed by atoms with E-state index < -0.39 is 24.7 Å². The van der Waals surface area contributed by atoms with Crippen molar-refractivity contribution in [2.24, 2.45) is 4.99 Å². The van der Waals surface area contributed by atoms with Gasteiger partial charge >= 0.3 is 6.18 Å². The predicted molar refractivity (Wildman–Crippen MR) is 107 cm³/mol. The number of anilines is 3. The summed E-state index contributed by atoms with van der Waals surface area (Å²) in [7, 11) is 0. The van der Waals surface area contributed by atoms with Crippen LogP contribution >= 0.6 is 0 Å². The van der Waals surface area contributed by atoms with Gasteiger partial charge in [-0.15, -0.1) is 0 Å². The molecule has 30 heavy (non-hydrogen) atoms. The Morgan fingerprint density at radius 2 is 2.13 bits per heavy atom. The molecule has 3 N–H and O–H groups in total. The zero-order chi connectivity index (χ0) is 21.9. The summed E-state index contributed by atoms with van der Waals surface area (Å²) in [6.45, 7) is 3.73. The molecule has 3 rings (SSSR count). The molecule has 0 saturated heterocycles. The molecule has 1 aromatic heterocycles. The van der Waals surface area contributed by atoms with Crippen LogP contribution < -0.4 is 20.7 Å². The Kier molecular flexibility index (Phi) is 6.09. The van der Waals surface area contributed by atoms with Gasteiger partial charge in [-0.1, -0.05) is 12.1 Å². The quantitative estimate of drug-likeness (QED) is 0.617. The maximum Gasteiger partial charge on any atom is 0.407 e. The minimum absolute atomic E-state index is 0.0478. The number of amides is 1. The highest BCUT2D eigenvalue weighted by atomic mass is 19.4. The van der Waals surface area contributed by atoms with Crippen molar-refractivity contribution in [3.63, 3.8) is 0 Å². The third kappa shape index (κ3) is 5.37. The smallest absolute Gasteiger partial charge is 0.407 e. The first-order valence-electron chi connectivity index (χ1n) is 9.13. The summed E-state index contributed by atoms with van der Waals surface area (Å²) in [5.41, 5.74) is 2.09. The molecule has 1 aromatic carbocycles. The molecule has 0 spiro atoms. The van der Waals surface area contributed by atoms with Crippen molar-refractivity contribution in [2.75, 3.05) is 23.9 Å². The van der Waals surface area contributed by atoms with Crippen molar-refractivity contribution in [3.8, 4) is 5.88 Å². The van der Waals surface area contributed by atoms with E-state index in [1.54, 1.807) is 6.92 Å². The fraction of sp³-hybridized carbons (Fsp3) is 0.368. The molecule has 160 valence electrons. The number of nitrogens with one attached hydrogen (secondary N) is 3. The third-order valence-corrected chi connectivity index (χ3v) is 4.31. The average molecular weight is 422 g/mol. The fourth-order valence-corrected chi connectivity index (χ4v) is 2.67. The third-order valence-electron chi connectivity index (χ3n) is 4.31. The number of aliphatic imine (C=N–C) groups is 1. The Hall–Kier alpha value is -3.37. The van der Waals surface area contributed by atoms with Crippen molar-refractivity contribution in [2.45, 2.75) is 33.0 Å². The number of rotatable bonds is 6. The van der Waals surface area contributed by atoms with Crippen molar-refractivity contribution in [3.05, 3.63) is 35.4 Å². The normalized spacial score (nSPS) is 15.0. The lowest BCUT2D eigenvalue weighted by Gasteiger charge is -2.22. The first-order chi connectivity index (χ1) is 14.1. The Morgan fingerprint density at radius 1 is 1.37 bits per heavy atom. The molecule has 0 bridgehead atoms. The van der Waals surface area contributed by atoms with Gasteiger partial charge in [-0.25, -0.2) is 0 Å². The summed E-state index contributed by atoms with van der Waals surface area (Å²) < 4.78 is 42.6. The second-order valence-corrected chi connectivity index (χ2v) is 6.80. The monoisotopic (exact) mass is 422 g/mol. The lowest BCUT2D eigenvalue weighted by atomic mass is 10.2. The van der Waals surface area contributed by atoms with Gasteiger partial charge < -0.3 is 20.7 Å². The van der Waals surface area contributed by atoms with Crippen LogP contribution in [0.25, 0.3) is 0 Å². The van der Waals surface area contributed by atoms with Gasteiger partial charge in [0.25, 0.3) is 5.91 Å². The molecular formula is C19H21F3N6O2. The Balaban J connectivity index is 1.89. The summed E-state index contributed by atoms with van der Waals surface area (Å²) in [5, 5.41) is 8.55. The van der Waals surface area contributed by atoms with E-state index in [1.165, 1.54) is 6.92 Å². The van der Waals surface area contributed by atoms with Crippen molar-refractivity contribution in [1.82, 2.24) is 15.3 Å². The molecule has 0 aliphatic carbocycles. The molecular weight excluding hydrogens is 401 g/mol. The highest BCUT2D eigenvalue weighted by molar-refractivity contribution is 6.02. The van der Waals surface area contributed by atoms with Gasteiger partial charge in [0, 0.05) is 11.4 Å². The zero-order valence-electron chi connectivity index (χ0n) is 16.6. The summed E-state index contributed by atoms with van der Waals surface area (Å²) in [6, 6.07) is 6.89. The molecule has 11 heteroatoms. The molecule has 1 aliphatic rings. The predicted octanol–water partition coefficient (Wildman–Crippen LogP) is 3.43. The lowest BCUT2D eigenvalue weighted by Crippen LogP contribution is -2.35. The number of aromatic nitrogens is 2. The number of hydrogen-bond donors (Lipinski definition) is 3. The molecule has 1 amide bonds. The highest BCUT2D eigenvalue weighted by Crippen LogP contribution is 2.29. The summed E-state index contributed by atoms with van der Waals surface area (Å²) in [4.78, 5) is 24.4. The van der Waals surface area contributed by atoms with Crippen LogP contribution in [-0.2, 0) is 0 Å². The number of carbonyl (C=O) groups excluding carboxylic acids is 1. The SMILES string of the molecule is CC(=NCC(F)(F)F)C(C)Nc1nc(Nc2cccc(C)c2)c2c(n1)OCNC2=O. The first-order valence-corrected chi connectivity index (χ1v) is 9.13. The van der Waals surface area contributed by atoms with Crippen LogP contribution in [0.2, 0.25) is 0 Å². The second-order valence-electron chi connectivity index (χ2n) is 6.80. The van der Waals surface area contributed by atoms with Crippen LogP contribution in [-0.4, -0.2) is 47.1 Å². The van der Waals surface area contributed by atoms with Crippen LogP contribution in [0.5, 0.6) is 5.88 Å². The van der Waals surface area contributed by atoms with Crippen LogP contribution in [0.4, 0.5) is 30.6 Å². The van der Waals surface area contributed by atoms with Crippen LogP contribution in [0.15, 0.2) is 29.3 Å². The van der Waals surface area contributed by atoms with Crippen molar-refractivity contribution < 1.29 is 22.7 Å². The van der Waals surface area contributed by atoms with Gasteiger partial charge in [0.05, 0.1) is 6.04 Å². The summed E-state index contributed by atoms with van der Waals surface area (Å²) >= 11 is 0. The molecule has 0 saturated carbocycles. The number of aryl methyl sites for hydroxylation is 1. The number of alkyl halides is 3. The molecule has 1 unspecified atom stereocenters. The van der Waals surface area contributed by atoms with E-state index in [9.17, 15) is 18.0 Å². The number of carbonyl (C=O) groups is 1. The summed E-state index contributed by atoms with van der Waals surface area (Å²) in [6.07, 6.45) is -4.38. The number of ether oxygens (including phenoxy) is 1. The molecule has 0 fully saturated rings. The highest BCUT2D eigenvalue weighted by Gasteiger charge is 2.28. The second kappa shape index (κ2) is 8.56. The minimum Gasteiger partial charge on any atom is -0.456 e. The fourth-order valence-electron chi connectivity index (χ4n) is 2.67. The molecule has 1 atom stereocenters. The Labute approximate surface area is 171 Å². The number of fused-ring (bicyclic) bond motifs is 1. The maximum atomic E-state index is 12.4. The molecule has 1 aliphatic heterocycles. The van der Waals surface area contributed by atoms with Crippen LogP contribution in [0, 0.1) is 6.92 Å². The lowest BCUT2D eigenvalue weighted by molar-refractivity contribution is -0.118. The van der Waals surface area contributed by atoms with Gasteiger partial charge in [-0.05, 0) is 38.5 Å². The van der Waals surface area contributed by atoms with E-state index in [-0.39, 0.29) is 35.7 Å². The number of halogens is 3.